The van der Waals surface area contributed by atoms with Crippen molar-refractivity contribution in [3.8, 4) is 0 Å². The molecule has 8 heteroatoms. The number of benzene rings is 1. The quantitative estimate of drug-likeness (QED) is 0.514. The van der Waals surface area contributed by atoms with Crippen LogP contribution in [0.15, 0.2) is 41.0 Å². The number of hydrogen-bond donors (Lipinski definition) is 2. The molecule has 27 heavy (non-hydrogen) atoms. The minimum Gasteiger partial charge on any atom is -0.351 e. The highest BCUT2D eigenvalue weighted by molar-refractivity contribution is 9.10. The van der Waals surface area contributed by atoms with Crippen molar-refractivity contribution in [2.45, 2.75) is 25.2 Å². The van der Waals surface area contributed by atoms with Crippen LogP contribution in [-0.4, -0.2) is 37.0 Å². The second-order valence-electron chi connectivity index (χ2n) is 6.80. The zero-order valence-electron chi connectivity index (χ0n) is 14.4. The van der Waals surface area contributed by atoms with Gasteiger partial charge in [0, 0.05) is 29.6 Å². The Morgan fingerprint density at radius 1 is 1.30 bits per heavy atom. The Morgan fingerprint density at radius 3 is 2.96 bits per heavy atom. The molecule has 0 unspecified atom stereocenters. The number of carbonyl (C=O) groups excluding carboxylic acids is 1. The van der Waals surface area contributed by atoms with Gasteiger partial charge < -0.3 is 10.3 Å². The molecule has 0 atom stereocenters. The summed E-state index contributed by atoms with van der Waals surface area (Å²) >= 11 is 3.49. The standard InChI is InChI=1S/C19H17BrN6O/c20-12-9-13(18-25-24-17(11-5-6-11)26(18)10-12)19(27)21-8-7-16-22-14-3-1-2-4-15(14)23-16/h1-4,9-11H,5-8H2,(H,21,27)(H,22,23). The molecule has 1 aliphatic carbocycles. The zero-order valence-corrected chi connectivity index (χ0v) is 16.0. The fourth-order valence-corrected chi connectivity index (χ4v) is 3.71. The van der Waals surface area contributed by atoms with Crippen LogP contribution in [0.25, 0.3) is 16.7 Å². The maximum atomic E-state index is 12.7. The Hall–Kier alpha value is -2.74. The second-order valence-corrected chi connectivity index (χ2v) is 7.72. The van der Waals surface area contributed by atoms with Crippen molar-refractivity contribution in [3.63, 3.8) is 0 Å². The van der Waals surface area contributed by atoms with Gasteiger partial charge in [-0.25, -0.2) is 4.98 Å². The predicted octanol–water partition coefficient (Wildman–Crippen LogP) is 3.22. The number of amides is 1. The van der Waals surface area contributed by atoms with Gasteiger partial charge in [-0.05, 0) is 47.0 Å². The van der Waals surface area contributed by atoms with Crippen molar-refractivity contribution in [1.29, 1.82) is 0 Å². The third kappa shape index (κ3) is 3.10. The number of carbonyl (C=O) groups is 1. The van der Waals surface area contributed by atoms with Gasteiger partial charge in [-0.1, -0.05) is 12.1 Å². The number of aromatic nitrogens is 5. The van der Waals surface area contributed by atoms with Crippen LogP contribution < -0.4 is 5.32 Å². The molecule has 1 aliphatic rings. The lowest BCUT2D eigenvalue weighted by Gasteiger charge is -2.07. The number of rotatable bonds is 5. The van der Waals surface area contributed by atoms with Gasteiger partial charge in [0.2, 0.25) is 0 Å². The normalized spacial score (nSPS) is 14.1. The molecule has 3 heterocycles. The predicted molar refractivity (Wildman–Crippen MR) is 105 cm³/mol. The number of fused-ring (bicyclic) bond motifs is 2. The minimum atomic E-state index is -0.160. The SMILES string of the molecule is O=C(NCCc1nc2ccccc2[nH]1)c1cc(Br)cn2c(C3CC3)nnc12. The second kappa shape index (κ2) is 6.45. The van der Waals surface area contributed by atoms with Crippen LogP contribution >= 0.6 is 15.9 Å². The van der Waals surface area contributed by atoms with Gasteiger partial charge in [0.05, 0.1) is 16.6 Å². The summed E-state index contributed by atoms with van der Waals surface area (Å²) in [5, 5.41) is 11.5. The number of pyridine rings is 1. The summed E-state index contributed by atoms with van der Waals surface area (Å²) < 4.78 is 2.76. The monoisotopic (exact) mass is 424 g/mol. The van der Waals surface area contributed by atoms with Crippen LogP contribution in [0, 0.1) is 0 Å². The highest BCUT2D eigenvalue weighted by atomic mass is 79.9. The van der Waals surface area contributed by atoms with Crippen molar-refractivity contribution in [2.24, 2.45) is 0 Å². The highest BCUT2D eigenvalue weighted by Crippen LogP contribution is 2.39. The maximum absolute atomic E-state index is 12.7. The first kappa shape index (κ1) is 16.4. The van der Waals surface area contributed by atoms with E-state index in [-0.39, 0.29) is 5.91 Å². The average Bonchev–Trinajstić information content (AvgIpc) is 3.28. The van der Waals surface area contributed by atoms with Crippen LogP contribution in [0.5, 0.6) is 0 Å². The lowest BCUT2D eigenvalue weighted by atomic mass is 10.2. The molecule has 4 aromatic rings. The molecule has 1 aromatic carbocycles. The molecule has 0 radical (unpaired) electrons. The maximum Gasteiger partial charge on any atom is 0.255 e. The summed E-state index contributed by atoms with van der Waals surface area (Å²) in [5.74, 6) is 2.09. The van der Waals surface area contributed by atoms with Crippen molar-refractivity contribution in [3.05, 3.63) is 58.2 Å². The first-order valence-electron chi connectivity index (χ1n) is 8.95. The Balaban J connectivity index is 1.33. The van der Waals surface area contributed by atoms with E-state index in [0.717, 1.165) is 40.0 Å². The van der Waals surface area contributed by atoms with Crippen molar-refractivity contribution in [2.75, 3.05) is 6.54 Å². The summed E-state index contributed by atoms with van der Waals surface area (Å²) in [4.78, 5) is 20.5. The Bertz CT molecular complexity index is 1130. The number of imidazole rings is 1. The summed E-state index contributed by atoms with van der Waals surface area (Å²) in [6.45, 7) is 0.487. The molecule has 0 aliphatic heterocycles. The van der Waals surface area contributed by atoms with E-state index in [1.54, 1.807) is 6.07 Å². The first-order chi connectivity index (χ1) is 13.2. The third-order valence-corrected chi connectivity index (χ3v) is 5.20. The van der Waals surface area contributed by atoms with E-state index in [1.807, 2.05) is 34.9 Å². The third-order valence-electron chi connectivity index (χ3n) is 4.77. The summed E-state index contributed by atoms with van der Waals surface area (Å²) in [7, 11) is 0. The molecular formula is C19H17BrN6O. The van der Waals surface area contributed by atoms with Gasteiger partial charge in [-0.15, -0.1) is 10.2 Å². The van der Waals surface area contributed by atoms with Crippen molar-refractivity contribution in [1.82, 2.24) is 29.9 Å². The summed E-state index contributed by atoms with van der Waals surface area (Å²) in [5.41, 5.74) is 3.06. The van der Waals surface area contributed by atoms with Crippen LogP contribution in [0.1, 0.15) is 40.8 Å². The molecule has 0 spiro atoms. The fourth-order valence-electron chi connectivity index (χ4n) is 3.28. The molecule has 0 saturated heterocycles. The van der Waals surface area contributed by atoms with Crippen LogP contribution in [0.2, 0.25) is 0 Å². The largest absolute Gasteiger partial charge is 0.351 e. The van der Waals surface area contributed by atoms with E-state index in [4.69, 9.17) is 0 Å². The van der Waals surface area contributed by atoms with E-state index in [1.165, 1.54) is 0 Å². The van der Waals surface area contributed by atoms with Crippen molar-refractivity contribution >= 4 is 38.5 Å². The molecule has 0 bridgehead atoms. The lowest BCUT2D eigenvalue weighted by Crippen LogP contribution is -2.26. The fraction of sp³-hybridized carbons (Fsp3) is 0.263. The minimum absolute atomic E-state index is 0.160. The number of H-pyrrole nitrogens is 1. The Labute approximate surface area is 163 Å². The van der Waals surface area contributed by atoms with Crippen LogP contribution in [-0.2, 0) is 6.42 Å². The van der Waals surface area contributed by atoms with Gasteiger partial charge in [-0.2, -0.15) is 0 Å². The van der Waals surface area contributed by atoms with Gasteiger partial charge in [0.25, 0.3) is 5.91 Å². The molecule has 5 rings (SSSR count). The highest BCUT2D eigenvalue weighted by Gasteiger charge is 2.29. The number of para-hydroxylation sites is 2. The molecule has 2 N–H and O–H groups in total. The number of halogens is 1. The van der Waals surface area contributed by atoms with Gasteiger partial charge in [-0.3, -0.25) is 9.20 Å². The average molecular weight is 425 g/mol. The molecular weight excluding hydrogens is 408 g/mol. The first-order valence-corrected chi connectivity index (χ1v) is 9.74. The smallest absolute Gasteiger partial charge is 0.255 e. The molecule has 136 valence electrons. The van der Waals surface area contributed by atoms with Gasteiger partial charge in [0.1, 0.15) is 11.6 Å². The van der Waals surface area contributed by atoms with Crippen molar-refractivity contribution < 1.29 is 4.79 Å². The number of nitrogens with one attached hydrogen (secondary N) is 2. The Morgan fingerprint density at radius 2 is 2.15 bits per heavy atom. The van der Waals surface area contributed by atoms with Gasteiger partial charge in [0.15, 0.2) is 5.65 Å². The molecule has 1 saturated carbocycles. The molecule has 3 aromatic heterocycles. The van der Waals surface area contributed by atoms with E-state index < -0.39 is 0 Å². The number of nitrogens with zero attached hydrogens (tertiary/aromatic N) is 4. The topological polar surface area (TPSA) is 88.0 Å². The van der Waals surface area contributed by atoms with E-state index in [2.05, 4.69) is 41.4 Å². The van der Waals surface area contributed by atoms with Crippen LogP contribution in [0.3, 0.4) is 0 Å². The molecule has 7 nitrogen and oxygen atoms in total. The van der Waals surface area contributed by atoms with E-state index in [9.17, 15) is 4.79 Å². The lowest BCUT2D eigenvalue weighted by molar-refractivity contribution is 0.0955. The number of hydrogen-bond acceptors (Lipinski definition) is 4. The summed E-state index contributed by atoms with van der Waals surface area (Å²) in [6.07, 6.45) is 4.82. The van der Waals surface area contributed by atoms with E-state index >= 15 is 0 Å². The Kier molecular flexibility index (Phi) is 3.93. The summed E-state index contributed by atoms with van der Waals surface area (Å²) in [6, 6.07) is 9.68. The zero-order chi connectivity index (χ0) is 18.4. The van der Waals surface area contributed by atoms with E-state index in [0.29, 0.717) is 30.1 Å². The van der Waals surface area contributed by atoms with Gasteiger partial charge >= 0.3 is 0 Å². The number of aromatic amines is 1. The van der Waals surface area contributed by atoms with Crippen LogP contribution in [0.4, 0.5) is 0 Å². The molecule has 1 fully saturated rings. The molecule has 1 amide bonds.